The van der Waals surface area contributed by atoms with Crippen molar-refractivity contribution in [3.63, 3.8) is 0 Å². The molecule has 0 spiro atoms. The molecular formula is C28H35N5O4S. The van der Waals surface area contributed by atoms with Crippen LogP contribution in [0.1, 0.15) is 56.8 Å². The van der Waals surface area contributed by atoms with Gasteiger partial charge in [-0.25, -0.2) is 19.8 Å². The number of piperidine rings is 1. The van der Waals surface area contributed by atoms with Crippen LogP contribution in [-0.2, 0) is 9.57 Å². The minimum Gasteiger partial charge on any atom is -0.444 e. The molecule has 9 nitrogen and oxygen atoms in total. The van der Waals surface area contributed by atoms with Gasteiger partial charge in [0.1, 0.15) is 17.7 Å². The van der Waals surface area contributed by atoms with Crippen LogP contribution in [0.2, 0.25) is 0 Å². The van der Waals surface area contributed by atoms with Crippen molar-refractivity contribution in [2.24, 2.45) is 0 Å². The lowest BCUT2D eigenvalue weighted by atomic mass is 10.0. The molecule has 0 N–H and O–H groups in total. The van der Waals surface area contributed by atoms with Crippen LogP contribution in [0.15, 0.2) is 36.0 Å². The number of fused-ring (bicyclic) bond motifs is 1. The number of carbonyl (C=O) groups excluding carboxylic acids is 2. The maximum Gasteiger partial charge on any atom is 0.410 e. The largest absolute Gasteiger partial charge is 0.444 e. The summed E-state index contributed by atoms with van der Waals surface area (Å²) in [6, 6.07) is 7.91. The van der Waals surface area contributed by atoms with Crippen LogP contribution in [0.3, 0.4) is 0 Å². The number of hydrogen-bond acceptors (Lipinski definition) is 8. The third-order valence-electron chi connectivity index (χ3n) is 7.00. The molecule has 2 aliphatic rings. The number of hydroxylamine groups is 2. The highest BCUT2D eigenvalue weighted by Crippen LogP contribution is 2.38. The van der Waals surface area contributed by atoms with Crippen LogP contribution in [-0.4, -0.2) is 76.9 Å². The Bertz CT molecular complexity index is 1290. The van der Waals surface area contributed by atoms with Gasteiger partial charge in [-0.1, -0.05) is 12.1 Å². The van der Waals surface area contributed by atoms with Gasteiger partial charge in [-0.2, -0.15) is 0 Å². The van der Waals surface area contributed by atoms with E-state index in [0.29, 0.717) is 31.8 Å². The van der Waals surface area contributed by atoms with Crippen molar-refractivity contribution < 1.29 is 19.2 Å². The van der Waals surface area contributed by atoms with E-state index in [9.17, 15) is 9.59 Å². The predicted octanol–water partition coefficient (Wildman–Crippen LogP) is 5.36. The smallest absolute Gasteiger partial charge is 0.410 e. The Morgan fingerprint density at radius 2 is 1.82 bits per heavy atom. The number of rotatable bonds is 4. The van der Waals surface area contributed by atoms with Gasteiger partial charge in [0.15, 0.2) is 0 Å². The maximum absolute atomic E-state index is 12.7. The number of carbonyl (C=O) groups is 2. The van der Waals surface area contributed by atoms with Gasteiger partial charge in [-0.05, 0) is 64.2 Å². The van der Waals surface area contributed by atoms with Crippen molar-refractivity contribution in [3.8, 4) is 11.1 Å². The molecule has 10 heteroatoms. The highest BCUT2D eigenvalue weighted by atomic mass is 32.1. The minimum absolute atomic E-state index is 0.102. The molecule has 0 unspecified atom stereocenters. The Morgan fingerprint density at radius 1 is 1.08 bits per heavy atom. The van der Waals surface area contributed by atoms with Gasteiger partial charge in [0, 0.05) is 49.2 Å². The Kier molecular flexibility index (Phi) is 7.54. The summed E-state index contributed by atoms with van der Waals surface area (Å²) in [4.78, 5) is 44.0. The van der Waals surface area contributed by atoms with Gasteiger partial charge in [-0.3, -0.25) is 9.63 Å². The molecule has 4 heterocycles. The normalized spacial score (nSPS) is 17.1. The highest BCUT2D eigenvalue weighted by molar-refractivity contribution is 7.18. The van der Waals surface area contributed by atoms with Crippen LogP contribution in [0, 0.1) is 0 Å². The van der Waals surface area contributed by atoms with E-state index in [1.807, 2.05) is 45.0 Å². The second-order valence-corrected chi connectivity index (χ2v) is 11.7. The van der Waals surface area contributed by atoms with Crippen molar-refractivity contribution >= 4 is 39.4 Å². The summed E-state index contributed by atoms with van der Waals surface area (Å²) in [6.07, 6.45) is 5.00. The van der Waals surface area contributed by atoms with Crippen molar-refractivity contribution in [2.75, 3.05) is 38.2 Å². The number of ether oxygens (including phenoxy) is 1. The summed E-state index contributed by atoms with van der Waals surface area (Å²) in [5.74, 6) is 0.798. The number of amides is 2. The predicted molar refractivity (Wildman–Crippen MR) is 148 cm³/mol. The fourth-order valence-electron chi connectivity index (χ4n) is 4.92. The standard InChI is InChI=1S/C28H35N5O4S/c1-28(2,3)37-27(35)32-14-11-21(12-15-32)31(4)25-24-23(29-18-30-25)22(17-38-24)19-7-9-20(10-8-19)26(34)33-13-5-6-16-36-33/h7-10,17-18,21H,5-6,11-16H2,1-4H3. The van der Waals surface area contributed by atoms with E-state index in [2.05, 4.69) is 27.3 Å². The number of benzene rings is 1. The first kappa shape index (κ1) is 26.4. The molecule has 2 saturated heterocycles. The van der Waals surface area contributed by atoms with Gasteiger partial charge < -0.3 is 14.5 Å². The Hall–Kier alpha value is -3.24. The first-order chi connectivity index (χ1) is 18.2. The molecule has 202 valence electrons. The topological polar surface area (TPSA) is 88.1 Å². The van der Waals surface area contributed by atoms with E-state index < -0.39 is 5.60 Å². The van der Waals surface area contributed by atoms with Crippen LogP contribution >= 0.6 is 11.3 Å². The number of nitrogens with zero attached hydrogens (tertiary/aromatic N) is 5. The van der Waals surface area contributed by atoms with Crippen LogP contribution in [0.5, 0.6) is 0 Å². The molecule has 0 atom stereocenters. The molecule has 38 heavy (non-hydrogen) atoms. The van der Waals surface area contributed by atoms with Crippen LogP contribution in [0.25, 0.3) is 21.3 Å². The second-order valence-electron chi connectivity index (χ2n) is 10.9. The van der Waals surface area contributed by atoms with E-state index in [0.717, 1.165) is 52.8 Å². The van der Waals surface area contributed by atoms with Crippen LogP contribution in [0.4, 0.5) is 10.6 Å². The molecular weight excluding hydrogens is 502 g/mol. The van der Waals surface area contributed by atoms with Gasteiger partial charge >= 0.3 is 6.09 Å². The molecule has 2 amide bonds. The quantitative estimate of drug-likeness (QED) is 0.443. The minimum atomic E-state index is -0.494. The lowest BCUT2D eigenvalue weighted by molar-refractivity contribution is -0.144. The van der Waals surface area contributed by atoms with Crippen molar-refractivity contribution in [2.45, 2.75) is 58.1 Å². The lowest BCUT2D eigenvalue weighted by Crippen LogP contribution is -2.47. The molecule has 1 aromatic carbocycles. The summed E-state index contributed by atoms with van der Waals surface area (Å²) < 4.78 is 6.57. The van der Waals surface area contributed by atoms with E-state index in [1.54, 1.807) is 22.6 Å². The fraction of sp³-hybridized carbons (Fsp3) is 0.500. The first-order valence-corrected chi connectivity index (χ1v) is 14.1. The SMILES string of the molecule is CN(c1ncnc2c(-c3ccc(C(=O)N4CCCCO4)cc3)csc12)C1CCN(C(=O)OC(C)(C)C)CC1. The van der Waals surface area contributed by atoms with Gasteiger partial charge in [0.05, 0.1) is 16.8 Å². The van der Waals surface area contributed by atoms with Crippen molar-refractivity contribution in [1.29, 1.82) is 0 Å². The molecule has 2 aromatic heterocycles. The van der Waals surface area contributed by atoms with Gasteiger partial charge in [-0.15, -0.1) is 11.3 Å². The van der Waals surface area contributed by atoms with E-state index in [1.165, 1.54) is 5.06 Å². The molecule has 0 bridgehead atoms. The van der Waals surface area contributed by atoms with Gasteiger partial charge in [0.25, 0.3) is 5.91 Å². The average Bonchev–Trinajstić information content (AvgIpc) is 3.36. The maximum atomic E-state index is 12.7. The number of anilines is 1. The summed E-state index contributed by atoms with van der Waals surface area (Å²) >= 11 is 1.63. The number of aromatic nitrogens is 2. The first-order valence-electron chi connectivity index (χ1n) is 13.2. The zero-order valence-corrected chi connectivity index (χ0v) is 23.3. The van der Waals surface area contributed by atoms with Crippen LogP contribution < -0.4 is 4.90 Å². The summed E-state index contributed by atoms with van der Waals surface area (Å²) in [6.45, 7) is 8.19. The molecule has 0 radical (unpaired) electrons. The third kappa shape index (κ3) is 5.61. The Morgan fingerprint density at radius 3 is 2.47 bits per heavy atom. The molecule has 2 fully saturated rings. The number of hydrogen-bond donors (Lipinski definition) is 0. The third-order valence-corrected chi connectivity index (χ3v) is 7.97. The molecule has 0 aliphatic carbocycles. The molecule has 5 rings (SSSR count). The Balaban J connectivity index is 1.29. The highest BCUT2D eigenvalue weighted by Gasteiger charge is 2.30. The van der Waals surface area contributed by atoms with Gasteiger partial charge in [0.2, 0.25) is 0 Å². The summed E-state index contributed by atoms with van der Waals surface area (Å²) in [7, 11) is 2.07. The molecule has 3 aromatic rings. The molecule has 2 aliphatic heterocycles. The van der Waals surface area contributed by atoms with Crippen molar-refractivity contribution in [3.05, 3.63) is 41.5 Å². The van der Waals surface area contributed by atoms with Crippen molar-refractivity contribution in [1.82, 2.24) is 19.9 Å². The lowest BCUT2D eigenvalue weighted by Gasteiger charge is -2.37. The second kappa shape index (κ2) is 10.9. The zero-order valence-electron chi connectivity index (χ0n) is 22.5. The Labute approximate surface area is 227 Å². The average molecular weight is 538 g/mol. The fourth-order valence-corrected chi connectivity index (χ4v) is 5.98. The monoisotopic (exact) mass is 537 g/mol. The number of likely N-dealkylation sites (tertiary alicyclic amines) is 1. The van der Waals surface area contributed by atoms with E-state index in [-0.39, 0.29) is 18.0 Å². The molecule has 0 saturated carbocycles. The van der Waals surface area contributed by atoms with E-state index in [4.69, 9.17) is 9.57 Å². The summed E-state index contributed by atoms with van der Waals surface area (Å²) in [5, 5.41) is 3.57. The zero-order chi connectivity index (χ0) is 26.9. The van der Waals surface area contributed by atoms with E-state index >= 15 is 0 Å². The summed E-state index contributed by atoms with van der Waals surface area (Å²) in [5.41, 5.74) is 3.05. The number of thiophene rings is 1.